The molecule has 1 aliphatic rings. The van der Waals surface area contributed by atoms with Crippen LogP contribution in [0, 0.1) is 0 Å². The molecule has 1 aromatic carbocycles. The van der Waals surface area contributed by atoms with E-state index in [1.54, 1.807) is 11.3 Å². The van der Waals surface area contributed by atoms with Crippen molar-refractivity contribution in [3.8, 4) is 0 Å². The maximum absolute atomic E-state index is 5.83. The van der Waals surface area contributed by atoms with Gasteiger partial charge in [0.05, 0.1) is 25.3 Å². The van der Waals surface area contributed by atoms with Crippen LogP contribution in [0.3, 0.4) is 0 Å². The van der Waals surface area contributed by atoms with Crippen molar-refractivity contribution < 1.29 is 4.74 Å². The fourth-order valence-corrected chi connectivity index (χ4v) is 4.49. The van der Waals surface area contributed by atoms with E-state index in [4.69, 9.17) is 9.73 Å². The number of morpholine rings is 1. The zero-order valence-corrected chi connectivity index (χ0v) is 19.5. The molecule has 0 spiro atoms. The van der Waals surface area contributed by atoms with Gasteiger partial charge in [0.25, 0.3) is 0 Å². The highest BCUT2D eigenvalue weighted by Crippen LogP contribution is 2.15. The van der Waals surface area contributed by atoms with Crippen molar-refractivity contribution in [1.82, 2.24) is 20.5 Å². The Morgan fingerprint density at radius 3 is 2.47 bits per heavy atom. The number of guanidine groups is 1. The van der Waals surface area contributed by atoms with Gasteiger partial charge in [-0.15, -0.1) is 11.3 Å². The lowest BCUT2D eigenvalue weighted by atomic mass is 10.1. The lowest BCUT2D eigenvalue weighted by molar-refractivity contribution is -0.0704. The number of thiazole rings is 1. The van der Waals surface area contributed by atoms with Crippen molar-refractivity contribution in [2.24, 2.45) is 4.99 Å². The molecule has 6 nitrogen and oxygen atoms in total. The highest BCUT2D eigenvalue weighted by Gasteiger charge is 2.21. The summed E-state index contributed by atoms with van der Waals surface area (Å²) < 4.78 is 5.83. The largest absolute Gasteiger partial charge is 0.373 e. The van der Waals surface area contributed by atoms with E-state index >= 15 is 0 Å². The third-order valence-electron chi connectivity index (χ3n) is 5.05. The fraction of sp³-hybridized carbons (Fsp3) is 0.565. The van der Waals surface area contributed by atoms with Gasteiger partial charge in [-0.25, -0.2) is 9.98 Å². The maximum Gasteiger partial charge on any atom is 0.191 e. The van der Waals surface area contributed by atoms with Crippen molar-refractivity contribution in [2.75, 3.05) is 19.6 Å². The molecule has 0 bridgehead atoms. The highest BCUT2D eigenvalue weighted by molar-refractivity contribution is 7.11. The second-order valence-electron chi connectivity index (χ2n) is 7.89. The molecule has 7 heteroatoms. The molecule has 1 aliphatic heterocycles. The van der Waals surface area contributed by atoms with Crippen LogP contribution >= 0.6 is 11.3 Å². The Balaban J connectivity index is 1.52. The monoisotopic (exact) mass is 429 g/mol. The summed E-state index contributed by atoms with van der Waals surface area (Å²) in [7, 11) is 0. The SMILES string of the molecule is CCNC(=NCc1ccc(CN2CC(C)OC(C)C2)cc1)NCc1ncc(CC)s1. The first kappa shape index (κ1) is 22.7. The minimum absolute atomic E-state index is 0.303. The summed E-state index contributed by atoms with van der Waals surface area (Å²) >= 11 is 1.76. The molecule has 0 radical (unpaired) electrons. The van der Waals surface area contributed by atoms with Crippen LogP contribution in [0.25, 0.3) is 0 Å². The number of ether oxygens (including phenoxy) is 1. The molecule has 0 saturated carbocycles. The number of hydrogen-bond acceptors (Lipinski definition) is 5. The van der Waals surface area contributed by atoms with E-state index in [0.717, 1.165) is 43.6 Å². The number of nitrogens with zero attached hydrogens (tertiary/aromatic N) is 3. The van der Waals surface area contributed by atoms with Crippen molar-refractivity contribution in [3.05, 3.63) is 51.5 Å². The van der Waals surface area contributed by atoms with Crippen molar-refractivity contribution in [3.63, 3.8) is 0 Å². The number of benzene rings is 1. The molecule has 2 heterocycles. The molecule has 3 rings (SSSR count). The van der Waals surface area contributed by atoms with Gasteiger partial charge in [-0.05, 0) is 38.3 Å². The van der Waals surface area contributed by atoms with E-state index in [2.05, 4.69) is 72.5 Å². The van der Waals surface area contributed by atoms with E-state index in [-0.39, 0.29) is 0 Å². The standard InChI is InChI=1S/C23H35N5OS/c1-5-21-12-25-22(30-21)13-27-23(24-6-2)26-11-19-7-9-20(10-8-19)16-28-14-17(3)29-18(4)15-28/h7-10,12,17-18H,5-6,11,13-16H2,1-4H3,(H2,24,26,27). The minimum Gasteiger partial charge on any atom is -0.373 e. The fourth-order valence-electron chi connectivity index (χ4n) is 3.69. The molecule has 2 unspecified atom stereocenters. The van der Waals surface area contributed by atoms with Gasteiger partial charge >= 0.3 is 0 Å². The van der Waals surface area contributed by atoms with Gasteiger partial charge < -0.3 is 15.4 Å². The van der Waals surface area contributed by atoms with E-state index in [9.17, 15) is 0 Å². The van der Waals surface area contributed by atoms with Crippen LogP contribution < -0.4 is 10.6 Å². The molecule has 30 heavy (non-hydrogen) atoms. The molecule has 2 atom stereocenters. The van der Waals surface area contributed by atoms with Gasteiger partial charge in [0.2, 0.25) is 0 Å². The summed E-state index contributed by atoms with van der Waals surface area (Å²) in [6, 6.07) is 8.81. The van der Waals surface area contributed by atoms with E-state index < -0.39 is 0 Å². The molecule has 1 fully saturated rings. The van der Waals surface area contributed by atoms with Gasteiger partial charge in [-0.2, -0.15) is 0 Å². The predicted molar refractivity (Wildman–Crippen MR) is 125 cm³/mol. The van der Waals surface area contributed by atoms with Gasteiger partial charge in [0.15, 0.2) is 5.96 Å². The molecule has 0 aliphatic carbocycles. The molecular weight excluding hydrogens is 394 g/mol. The average molecular weight is 430 g/mol. The molecule has 0 amide bonds. The Kier molecular flexibility index (Phi) is 8.66. The van der Waals surface area contributed by atoms with Gasteiger partial charge in [0, 0.05) is 37.3 Å². The third kappa shape index (κ3) is 7.07. The van der Waals surface area contributed by atoms with E-state index in [1.807, 2.05) is 6.20 Å². The lowest BCUT2D eigenvalue weighted by Gasteiger charge is -2.35. The molecule has 2 N–H and O–H groups in total. The summed E-state index contributed by atoms with van der Waals surface area (Å²) in [6.45, 7) is 13.7. The second-order valence-corrected chi connectivity index (χ2v) is 9.09. The van der Waals surface area contributed by atoms with Crippen LogP contribution in [0.4, 0.5) is 0 Å². The first-order valence-corrected chi connectivity index (χ1v) is 11.8. The summed E-state index contributed by atoms with van der Waals surface area (Å²) in [5, 5.41) is 7.79. The van der Waals surface area contributed by atoms with Crippen LogP contribution in [0.15, 0.2) is 35.5 Å². The summed E-state index contributed by atoms with van der Waals surface area (Å²) in [5.41, 5.74) is 2.55. The number of rotatable bonds is 8. The smallest absolute Gasteiger partial charge is 0.191 e. The van der Waals surface area contributed by atoms with Crippen LogP contribution in [0.2, 0.25) is 0 Å². The highest BCUT2D eigenvalue weighted by atomic mass is 32.1. The van der Waals surface area contributed by atoms with Gasteiger partial charge in [0.1, 0.15) is 5.01 Å². The van der Waals surface area contributed by atoms with Gasteiger partial charge in [-0.3, -0.25) is 4.90 Å². The Morgan fingerprint density at radius 1 is 1.13 bits per heavy atom. The summed E-state index contributed by atoms with van der Waals surface area (Å²) in [4.78, 5) is 13.0. The Labute approximate surface area is 184 Å². The number of aryl methyl sites for hydroxylation is 1. The van der Waals surface area contributed by atoms with E-state index in [1.165, 1.54) is 16.0 Å². The zero-order valence-electron chi connectivity index (χ0n) is 18.6. The third-order valence-corrected chi connectivity index (χ3v) is 6.19. The van der Waals surface area contributed by atoms with Crippen molar-refractivity contribution in [2.45, 2.75) is 66.0 Å². The lowest BCUT2D eigenvalue weighted by Crippen LogP contribution is -2.44. The molecule has 164 valence electrons. The first-order chi connectivity index (χ1) is 14.6. The first-order valence-electron chi connectivity index (χ1n) is 11.0. The number of nitrogens with one attached hydrogen (secondary N) is 2. The predicted octanol–water partition coefficient (Wildman–Crippen LogP) is 3.57. The van der Waals surface area contributed by atoms with Crippen LogP contribution in [-0.4, -0.2) is 47.7 Å². The van der Waals surface area contributed by atoms with Crippen molar-refractivity contribution >= 4 is 17.3 Å². The number of hydrogen-bond donors (Lipinski definition) is 2. The number of aromatic nitrogens is 1. The van der Waals surface area contributed by atoms with Crippen LogP contribution in [0.1, 0.15) is 48.7 Å². The Morgan fingerprint density at radius 2 is 1.83 bits per heavy atom. The molecular formula is C23H35N5OS. The Bertz CT molecular complexity index is 794. The maximum atomic E-state index is 5.83. The molecule has 1 saturated heterocycles. The Hall–Kier alpha value is -1.96. The summed E-state index contributed by atoms with van der Waals surface area (Å²) in [5.74, 6) is 0.825. The van der Waals surface area contributed by atoms with Crippen LogP contribution in [-0.2, 0) is 30.8 Å². The van der Waals surface area contributed by atoms with Gasteiger partial charge in [-0.1, -0.05) is 31.2 Å². The zero-order chi connectivity index (χ0) is 21.3. The van der Waals surface area contributed by atoms with Crippen molar-refractivity contribution in [1.29, 1.82) is 0 Å². The average Bonchev–Trinajstić information content (AvgIpc) is 3.18. The van der Waals surface area contributed by atoms with Crippen LogP contribution in [0.5, 0.6) is 0 Å². The normalized spacial score (nSPS) is 20.3. The minimum atomic E-state index is 0.303. The number of aliphatic imine (C=N–C) groups is 1. The molecule has 1 aromatic heterocycles. The molecule has 2 aromatic rings. The summed E-state index contributed by atoms with van der Waals surface area (Å²) in [6.07, 6.45) is 3.60. The quantitative estimate of drug-likeness (QED) is 0.496. The second kappa shape index (κ2) is 11.4. The topological polar surface area (TPSA) is 61.8 Å². The van der Waals surface area contributed by atoms with E-state index in [0.29, 0.717) is 25.3 Å².